The first kappa shape index (κ1) is 28.5. The van der Waals surface area contributed by atoms with Crippen molar-refractivity contribution in [2.75, 3.05) is 13.2 Å². The molecule has 0 N–H and O–H groups in total. The summed E-state index contributed by atoms with van der Waals surface area (Å²) in [6.45, 7) is 7.89. The zero-order chi connectivity index (χ0) is 25.8. The highest BCUT2D eigenvalue weighted by Gasteiger charge is 2.24. The van der Waals surface area contributed by atoms with E-state index in [9.17, 15) is 9.59 Å². The molecular weight excluding hydrogens is 487 g/mol. The molecule has 8 heteroatoms. The van der Waals surface area contributed by atoms with Crippen molar-refractivity contribution in [1.29, 1.82) is 0 Å². The van der Waals surface area contributed by atoms with E-state index in [1.807, 2.05) is 52.0 Å². The summed E-state index contributed by atoms with van der Waals surface area (Å²) >= 11 is 11.8. The van der Waals surface area contributed by atoms with E-state index in [-0.39, 0.29) is 25.0 Å². The molecule has 0 radical (unpaired) electrons. The smallest absolute Gasteiger partial charge is 0.331 e. The van der Waals surface area contributed by atoms with Crippen LogP contribution >= 0.6 is 23.2 Å². The number of aliphatic imine (C=N–C) groups is 2. The van der Waals surface area contributed by atoms with Crippen LogP contribution in [0.3, 0.4) is 0 Å². The Hall–Kier alpha value is -2.70. The van der Waals surface area contributed by atoms with Crippen molar-refractivity contribution in [3.63, 3.8) is 0 Å². The summed E-state index contributed by atoms with van der Waals surface area (Å²) in [4.78, 5) is 33.8. The summed E-state index contributed by atoms with van der Waals surface area (Å²) in [6.07, 6.45) is 3.66. The van der Waals surface area contributed by atoms with Gasteiger partial charge in [0.15, 0.2) is 0 Å². The molecule has 0 aromatic heterocycles. The first-order valence-corrected chi connectivity index (χ1v) is 12.3. The quantitative estimate of drug-likeness (QED) is 0.194. The summed E-state index contributed by atoms with van der Waals surface area (Å²) in [7, 11) is 0. The van der Waals surface area contributed by atoms with Crippen molar-refractivity contribution in [3.8, 4) is 0 Å². The van der Waals surface area contributed by atoms with E-state index < -0.39 is 24.0 Å². The van der Waals surface area contributed by atoms with Crippen LogP contribution in [0.5, 0.6) is 0 Å². The van der Waals surface area contributed by atoms with Gasteiger partial charge in [-0.15, -0.1) is 0 Å². The first-order valence-electron chi connectivity index (χ1n) is 11.6. The lowest BCUT2D eigenvalue weighted by molar-refractivity contribution is -0.148. The molecule has 188 valence electrons. The number of rotatable bonds is 12. The Kier molecular flexibility index (Phi) is 11.9. The fourth-order valence-corrected chi connectivity index (χ4v) is 3.27. The molecule has 0 aliphatic heterocycles. The van der Waals surface area contributed by atoms with Crippen molar-refractivity contribution in [2.24, 2.45) is 21.8 Å². The molecular formula is C27H32Cl2N2O4. The second kappa shape index (κ2) is 14.6. The van der Waals surface area contributed by atoms with Gasteiger partial charge >= 0.3 is 11.9 Å². The lowest BCUT2D eigenvalue weighted by atomic mass is 10.1. The third-order valence-corrected chi connectivity index (χ3v) is 5.54. The van der Waals surface area contributed by atoms with Gasteiger partial charge in [0, 0.05) is 28.9 Å². The number of esters is 2. The lowest BCUT2D eigenvalue weighted by Gasteiger charge is -2.17. The zero-order valence-corrected chi connectivity index (χ0v) is 22.0. The van der Waals surface area contributed by atoms with Gasteiger partial charge in [0.05, 0.1) is 13.2 Å². The van der Waals surface area contributed by atoms with Crippen LogP contribution in [-0.2, 0) is 19.1 Å². The second-order valence-electron chi connectivity index (χ2n) is 8.73. The predicted octanol–water partition coefficient (Wildman–Crippen LogP) is 6.06. The van der Waals surface area contributed by atoms with Crippen LogP contribution in [-0.4, -0.2) is 49.7 Å². The van der Waals surface area contributed by atoms with E-state index in [0.717, 1.165) is 11.1 Å². The molecule has 0 saturated carbocycles. The molecule has 0 aliphatic rings. The standard InChI is InChI=1S/C27H32Cl2N2O4/c1-18(2)24(30-16-20-6-10-22(28)11-7-20)26(32)34-14-5-15-35-27(33)25(19(3)4)31-17-21-8-12-23(29)13-9-21/h6-13,16-19,24-25H,5,14-15H2,1-4H3/t24-,25-/m0/s1. The molecule has 35 heavy (non-hydrogen) atoms. The van der Waals surface area contributed by atoms with Crippen molar-refractivity contribution in [2.45, 2.75) is 46.2 Å². The molecule has 2 rings (SSSR count). The highest BCUT2D eigenvalue weighted by molar-refractivity contribution is 6.30. The van der Waals surface area contributed by atoms with E-state index in [1.54, 1.807) is 36.7 Å². The van der Waals surface area contributed by atoms with Crippen molar-refractivity contribution in [3.05, 3.63) is 69.7 Å². The van der Waals surface area contributed by atoms with Crippen molar-refractivity contribution >= 4 is 47.6 Å². The topological polar surface area (TPSA) is 77.3 Å². The summed E-state index contributed by atoms with van der Waals surface area (Å²) in [6, 6.07) is 13.1. The predicted molar refractivity (Wildman–Crippen MR) is 142 cm³/mol. The monoisotopic (exact) mass is 518 g/mol. The molecule has 2 aromatic rings. The largest absolute Gasteiger partial charge is 0.464 e. The highest BCUT2D eigenvalue weighted by atomic mass is 35.5. The summed E-state index contributed by atoms with van der Waals surface area (Å²) < 4.78 is 10.7. The van der Waals surface area contributed by atoms with Crippen LogP contribution in [0.2, 0.25) is 10.0 Å². The molecule has 0 fully saturated rings. The Morgan fingerprint density at radius 2 is 1.06 bits per heavy atom. The van der Waals surface area contributed by atoms with E-state index in [0.29, 0.717) is 16.5 Å². The number of carbonyl (C=O) groups excluding carboxylic acids is 2. The number of nitrogens with zero attached hydrogens (tertiary/aromatic N) is 2. The number of ether oxygens (including phenoxy) is 2. The number of hydrogen-bond acceptors (Lipinski definition) is 6. The molecule has 0 aliphatic carbocycles. The third-order valence-electron chi connectivity index (χ3n) is 5.03. The lowest BCUT2D eigenvalue weighted by Crippen LogP contribution is -2.29. The molecule has 0 amide bonds. The SMILES string of the molecule is CC(C)[C@H](N=Cc1ccc(Cl)cc1)C(=O)OCCCOC(=O)[C@@H](N=Cc1ccc(Cl)cc1)C(C)C. The molecule has 0 bridgehead atoms. The molecule has 0 saturated heterocycles. The van der Waals surface area contributed by atoms with Crippen LogP contribution in [0, 0.1) is 11.8 Å². The van der Waals surface area contributed by atoms with E-state index in [1.165, 1.54) is 0 Å². The molecule has 0 spiro atoms. The molecule has 2 atom stereocenters. The van der Waals surface area contributed by atoms with E-state index in [2.05, 4.69) is 9.98 Å². The maximum Gasteiger partial charge on any atom is 0.331 e. The van der Waals surface area contributed by atoms with Crippen LogP contribution < -0.4 is 0 Å². The number of hydrogen-bond donors (Lipinski definition) is 0. The summed E-state index contributed by atoms with van der Waals surface area (Å²) in [5.74, 6) is -0.892. The van der Waals surface area contributed by atoms with Crippen LogP contribution in [0.25, 0.3) is 0 Å². The van der Waals surface area contributed by atoms with Crippen molar-refractivity contribution < 1.29 is 19.1 Å². The average Bonchev–Trinajstić information content (AvgIpc) is 2.81. The Balaban J connectivity index is 1.80. The van der Waals surface area contributed by atoms with E-state index in [4.69, 9.17) is 32.7 Å². The second-order valence-corrected chi connectivity index (χ2v) is 9.60. The van der Waals surface area contributed by atoms with Gasteiger partial charge in [0.1, 0.15) is 12.1 Å². The van der Waals surface area contributed by atoms with Gasteiger partial charge in [-0.25, -0.2) is 9.59 Å². The van der Waals surface area contributed by atoms with Crippen LogP contribution in [0.1, 0.15) is 45.2 Å². The third kappa shape index (κ3) is 10.2. The molecule has 2 aromatic carbocycles. The Morgan fingerprint density at radius 1 is 0.714 bits per heavy atom. The maximum absolute atomic E-state index is 12.5. The normalized spacial score (nSPS) is 13.5. The Labute approximate surface area is 217 Å². The Bertz CT molecular complexity index is 921. The minimum Gasteiger partial charge on any atom is -0.464 e. The molecule has 6 nitrogen and oxygen atoms in total. The fraction of sp³-hybridized carbons (Fsp3) is 0.407. The van der Waals surface area contributed by atoms with Crippen LogP contribution in [0.15, 0.2) is 58.5 Å². The van der Waals surface area contributed by atoms with Gasteiger partial charge in [-0.05, 0) is 47.2 Å². The number of benzene rings is 2. The van der Waals surface area contributed by atoms with Gasteiger partial charge < -0.3 is 9.47 Å². The minimum absolute atomic E-state index is 0.0332. The summed E-state index contributed by atoms with van der Waals surface area (Å²) in [5.41, 5.74) is 1.69. The Morgan fingerprint density at radius 3 is 1.37 bits per heavy atom. The van der Waals surface area contributed by atoms with Crippen molar-refractivity contribution in [1.82, 2.24) is 0 Å². The van der Waals surface area contributed by atoms with Gasteiger partial charge in [0.25, 0.3) is 0 Å². The number of carbonyl (C=O) groups is 2. The molecule has 0 heterocycles. The van der Waals surface area contributed by atoms with Gasteiger partial charge in [-0.1, -0.05) is 75.2 Å². The average molecular weight is 519 g/mol. The first-order chi connectivity index (χ1) is 16.7. The van der Waals surface area contributed by atoms with Gasteiger partial charge in [0.2, 0.25) is 0 Å². The zero-order valence-electron chi connectivity index (χ0n) is 20.5. The molecule has 0 unspecified atom stereocenters. The summed E-state index contributed by atoms with van der Waals surface area (Å²) in [5, 5.41) is 1.27. The van der Waals surface area contributed by atoms with Gasteiger partial charge in [-0.3, -0.25) is 9.98 Å². The highest BCUT2D eigenvalue weighted by Crippen LogP contribution is 2.13. The minimum atomic E-state index is -0.624. The fourth-order valence-electron chi connectivity index (χ4n) is 3.02. The maximum atomic E-state index is 12.5. The van der Waals surface area contributed by atoms with Crippen LogP contribution in [0.4, 0.5) is 0 Å². The van der Waals surface area contributed by atoms with Gasteiger partial charge in [-0.2, -0.15) is 0 Å². The number of halogens is 2. The van der Waals surface area contributed by atoms with E-state index >= 15 is 0 Å².